The van der Waals surface area contributed by atoms with Gasteiger partial charge in [-0.1, -0.05) is 13.8 Å². The minimum absolute atomic E-state index is 0.181. The first-order valence-corrected chi connectivity index (χ1v) is 6.96. The summed E-state index contributed by atoms with van der Waals surface area (Å²) < 4.78 is 5.33. The van der Waals surface area contributed by atoms with Crippen LogP contribution in [0.4, 0.5) is 0 Å². The summed E-state index contributed by atoms with van der Waals surface area (Å²) >= 11 is 1.77. The molecule has 2 rings (SSSR count). The first kappa shape index (κ1) is 12.7. The predicted molar refractivity (Wildman–Crippen MR) is 70.4 cm³/mol. The van der Waals surface area contributed by atoms with Crippen molar-refractivity contribution in [1.29, 1.82) is 0 Å². The van der Waals surface area contributed by atoms with Gasteiger partial charge in [0.15, 0.2) is 0 Å². The smallest absolute Gasteiger partial charge is 0.143 e. The molecular formula is C13H19NO2S. The van der Waals surface area contributed by atoms with Crippen LogP contribution >= 0.6 is 11.8 Å². The van der Waals surface area contributed by atoms with E-state index in [1.165, 1.54) is 0 Å². The molecule has 1 aromatic rings. The molecule has 3 nitrogen and oxygen atoms in total. The van der Waals surface area contributed by atoms with Crippen molar-refractivity contribution >= 4 is 11.8 Å². The molecule has 2 heterocycles. The zero-order valence-electron chi connectivity index (χ0n) is 10.6. The Kier molecular flexibility index (Phi) is 3.36. The number of nitrogens with zero attached hydrogens (tertiary/aromatic N) is 1. The number of ether oxygens (including phenoxy) is 1. The van der Waals surface area contributed by atoms with E-state index in [4.69, 9.17) is 4.74 Å². The molecule has 0 radical (unpaired) electrons. The highest BCUT2D eigenvalue weighted by Gasteiger charge is 2.49. The third kappa shape index (κ3) is 2.04. The number of hydrogen-bond donors (Lipinski definition) is 1. The van der Waals surface area contributed by atoms with Crippen molar-refractivity contribution in [2.45, 2.75) is 25.9 Å². The van der Waals surface area contributed by atoms with Crippen molar-refractivity contribution in [3.63, 3.8) is 0 Å². The topological polar surface area (TPSA) is 42.4 Å². The number of thioether (sulfide) groups is 1. The molecule has 94 valence electrons. The number of aliphatic hydroxyl groups is 1. The SMILES string of the molecule is COc1cccnc1C1(O)CSCCC1(C)C. The number of pyridine rings is 1. The van der Waals surface area contributed by atoms with Crippen LogP contribution in [0.3, 0.4) is 0 Å². The van der Waals surface area contributed by atoms with Crippen molar-refractivity contribution in [3.8, 4) is 5.75 Å². The average molecular weight is 253 g/mol. The Morgan fingerprint density at radius 1 is 1.47 bits per heavy atom. The Morgan fingerprint density at radius 3 is 2.88 bits per heavy atom. The summed E-state index contributed by atoms with van der Waals surface area (Å²) in [6, 6.07) is 3.68. The lowest BCUT2D eigenvalue weighted by atomic mass is 9.71. The van der Waals surface area contributed by atoms with E-state index < -0.39 is 5.60 Å². The first-order valence-electron chi connectivity index (χ1n) is 5.81. The van der Waals surface area contributed by atoms with Crippen LogP contribution in [0.15, 0.2) is 18.3 Å². The van der Waals surface area contributed by atoms with Gasteiger partial charge >= 0.3 is 0 Å². The molecule has 1 aromatic heterocycles. The quantitative estimate of drug-likeness (QED) is 0.879. The van der Waals surface area contributed by atoms with Crippen LogP contribution in [-0.2, 0) is 5.60 Å². The lowest BCUT2D eigenvalue weighted by Gasteiger charge is -2.45. The summed E-state index contributed by atoms with van der Waals surface area (Å²) in [5, 5.41) is 11.0. The maximum atomic E-state index is 11.0. The van der Waals surface area contributed by atoms with E-state index in [1.807, 2.05) is 12.1 Å². The minimum atomic E-state index is -0.914. The largest absolute Gasteiger partial charge is 0.495 e. The highest BCUT2D eigenvalue weighted by molar-refractivity contribution is 7.99. The molecule has 0 aliphatic carbocycles. The van der Waals surface area contributed by atoms with Crippen LogP contribution in [-0.4, -0.2) is 28.7 Å². The molecule has 17 heavy (non-hydrogen) atoms. The highest BCUT2D eigenvalue weighted by Crippen LogP contribution is 2.49. The van der Waals surface area contributed by atoms with Crippen molar-refractivity contribution in [3.05, 3.63) is 24.0 Å². The van der Waals surface area contributed by atoms with E-state index >= 15 is 0 Å². The second kappa shape index (κ2) is 4.50. The van der Waals surface area contributed by atoms with Crippen LogP contribution in [0.5, 0.6) is 5.75 Å². The molecule has 0 amide bonds. The summed E-state index contributed by atoms with van der Waals surface area (Å²) in [5.74, 6) is 2.43. The normalized spacial score (nSPS) is 27.8. The van der Waals surface area contributed by atoms with Crippen LogP contribution in [0.1, 0.15) is 26.0 Å². The van der Waals surface area contributed by atoms with Gasteiger partial charge in [0.25, 0.3) is 0 Å². The summed E-state index contributed by atoms with van der Waals surface area (Å²) in [5.41, 5.74) is -0.428. The monoisotopic (exact) mass is 253 g/mol. The second-order valence-electron chi connectivity index (χ2n) is 5.10. The molecule has 1 unspecified atom stereocenters. The van der Waals surface area contributed by atoms with Crippen molar-refractivity contribution < 1.29 is 9.84 Å². The number of aromatic nitrogens is 1. The molecule has 1 saturated heterocycles. The van der Waals surface area contributed by atoms with E-state index in [0.29, 0.717) is 17.2 Å². The van der Waals surface area contributed by atoms with E-state index in [9.17, 15) is 5.11 Å². The Morgan fingerprint density at radius 2 is 2.24 bits per heavy atom. The van der Waals surface area contributed by atoms with Gasteiger partial charge in [0.1, 0.15) is 17.0 Å². The highest BCUT2D eigenvalue weighted by atomic mass is 32.2. The number of methoxy groups -OCH3 is 1. The lowest BCUT2D eigenvalue weighted by molar-refractivity contribution is -0.0628. The van der Waals surface area contributed by atoms with Crippen molar-refractivity contribution in [2.24, 2.45) is 5.41 Å². The third-order valence-corrected chi connectivity index (χ3v) is 4.80. The summed E-state index contributed by atoms with van der Waals surface area (Å²) in [4.78, 5) is 4.35. The fraction of sp³-hybridized carbons (Fsp3) is 0.615. The summed E-state index contributed by atoms with van der Waals surface area (Å²) in [7, 11) is 1.62. The molecule has 1 aliphatic rings. The van der Waals surface area contributed by atoms with Gasteiger partial charge in [0, 0.05) is 17.4 Å². The van der Waals surface area contributed by atoms with Crippen LogP contribution in [0.2, 0.25) is 0 Å². The maximum Gasteiger partial charge on any atom is 0.143 e. The third-order valence-electron chi connectivity index (χ3n) is 3.68. The Balaban J connectivity index is 2.49. The van der Waals surface area contributed by atoms with E-state index in [2.05, 4.69) is 18.8 Å². The lowest BCUT2D eigenvalue weighted by Crippen LogP contribution is -2.48. The summed E-state index contributed by atoms with van der Waals surface area (Å²) in [6.07, 6.45) is 2.69. The molecule has 0 spiro atoms. The molecule has 0 bridgehead atoms. The average Bonchev–Trinajstić information content (AvgIpc) is 2.33. The van der Waals surface area contributed by atoms with Gasteiger partial charge in [-0.15, -0.1) is 0 Å². The van der Waals surface area contributed by atoms with Crippen LogP contribution in [0, 0.1) is 5.41 Å². The molecule has 0 aromatic carbocycles. The maximum absolute atomic E-state index is 11.0. The van der Waals surface area contributed by atoms with Gasteiger partial charge in [-0.25, -0.2) is 0 Å². The Labute approximate surface area is 107 Å². The molecule has 0 saturated carbocycles. The van der Waals surface area contributed by atoms with E-state index in [-0.39, 0.29) is 5.41 Å². The zero-order chi connectivity index (χ0) is 12.5. The van der Waals surface area contributed by atoms with Crippen LogP contribution < -0.4 is 4.74 Å². The molecular weight excluding hydrogens is 234 g/mol. The van der Waals surface area contributed by atoms with Gasteiger partial charge < -0.3 is 9.84 Å². The molecule has 1 atom stereocenters. The molecule has 1 N–H and O–H groups in total. The second-order valence-corrected chi connectivity index (χ2v) is 6.21. The number of rotatable bonds is 2. The van der Waals surface area contributed by atoms with E-state index in [1.54, 1.807) is 25.1 Å². The van der Waals surface area contributed by atoms with Crippen molar-refractivity contribution in [2.75, 3.05) is 18.6 Å². The van der Waals surface area contributed by atoms with Gasteiger partial charge in [-0.3, -0.25) is 4.98 Å². The van der Waals surface area contributed by atoms with Crippen molar-refractivity contribution in [1.82, 2.24) is 4.98 Å². The molecule has 1 fully saturated rings. The minimum Gasteiger partial charge on any atom is -0.495 e. The van der Waals surface area contributed by atoms with E-state index in [0.717, 1.165) is 12.2 Å². The summed E-state index contributed by atoms with van der Waals surface area (Å²) in [6.45, 7) is 4.20. The molecule has 4 heteroatoms. The van der Waals surface area contributed by atoms with Gasteiger partial charge in [-0.05, 0) is 24.3 Å². The van der Waals surface area contributed by atoms with Crippen LogP contribution in [0.25, 0.3) is 0 Å². The zero-order valence-corrected chi connectivity index (χ0v) is 11.4. The standard InChI is InChI=1S/C13H19NO2S/c1-12(2)6-8-17-9-13(12,15)11-10(16-3)5-4-7-14-11/h4-5,7,15H,6,8-9H2,1-3H3. The fourth-order valence-corrected chi connectivity index (χ4v) is 3.83. The fourth-order valence-electron chi connectivity index (χ4n) is 2.20. The Bertz CT molecular complexity index is 408. The number of hydrogen-bond acceptors (Lipinski definition) is 4. The first-order chi connectivity index (χ1) is 8.01. The molecule has 1 aliphatic heterocycles. The van der Waals surface area contributed by atoms with Gasteiger partial charge in [0.2, 0.25) is 0 Å². The van der Waals surface area contributed by atoms with Gasteiger partial charge in [0.05, 0.1) is 7.11 Å². The predicted octanol–water partition coefficient (Wildman–Crippen LogP) is 2.44. The Hall–Kier alpha value is -0.740. The van der Waals surface area contributed by atoms with Gasteiger partial charge in [-0.2, -0.15) is 11.8 Å².